The molecular formula is C25H34N4O4. The molecule has 8 nitrogen and oxygen atoms in total. The van der Waals surface area contributed by atoms with Crippen LogP contribution in [-0.4, -0.2) is 46.7 Å². The fourth-order valence-corrected chi connectivity index (χ4v) is 3.56. The Kier molecular flexibility index (Phi) is 11.0. The Balaban J connectivity index is 1.95. The molecule has 0 saturated heterocycles. The molecular weight excluding hydrogens is 420 g/mol. The van der Waals surface area contributed by atoms with Gasteiger partial charge in [-0.15, -0.1) is 0 Å². The Morgan fingerprint density at radius 2 is 1.88 bits per heavy atom. The summed E-state index contributed by atoms with van der Waals surface area (Å²) in [5.41, 5.74) is 3.13. The summed E-state index contributed by atoms with van der Waals surface area (Å²) in [6, 6.07) is 13.4. The fraction of sp³-hybridized carbons (Fsp3) is 0.440. The molecule has 0 spiro atoms. The lowest BCUT2D eigenvalue weighted by atomic mass is 10.0. The van der Waals surface area contributed by atoms with E-state index in [2.05, 4.69) is 41.6 Å². The summed E-state index contributed by atoms with van der Waals surface area (Å²) in [5, 5.41) is 15.2. The molecule has 0 unspecified atom stereocenters. The van der Waals surface area contributed by atoms with Crippen molar-refractivity contribution >= 4 is 18.2 Å². The largest absolute Gasteiger partial charge is 0.338 e. The van der Waals surface area contributed by atoms with Gasteiger partial charge < -0.3 is 10.6 Å². The van der Waals surface area contributed by atoms with Gasteiger partial charge in [0.05, 0.1) is 24.8 Å². The van der Waals surface area contributed by atoms with E-state index in [1.54, 1.807) is 12.1 Å². The maximum Gasteiger partial charge on any atom is 0.271 e. The SMILES string of the molecule is CCCCC[C@H](CN(O)C=O)C(=O)NCNC(=O)c1cccc(-c2cccc(CCC)c2)n1. The molecule has 0 aliphatic rings. The average molecular weight is 455 g/mol. The summed E-state index contributed by atoms with van der Waals surface area (Å²) in [4.78, 5) is 40.3. The molecule has 3 amide bonds. The van der Waals surface area contributed by atoms with Gasteiger partial charge in [0.2, 0.25) is 12.3 Å². The predicted octanol–water partition coefficient (Wildman–Crippen LogP) is 3.55. The number of carbonyl (C=O) groups excluding carboxylic acids is 3. The number of nitrogens with one attached hydrogen (secondary N) is 2. The molecule has 33 heavy (non-hydrogen) atoms. The second-order valence-electron chi connectivity index (χ2n) is 8.00. The number of hydrogen-bond donors (Lipinski definition) is 3. The van der Waals surface area contributed by atoms with E-state index in [0.29, 0.717) is 17.2 Å². The summed E-state index contributed by atoms with van der Waals surface area (Å²) in [5.74, 6) is -1.29. The lowest BCUT2D eigenvalue weighted by molar-refractivity contribution is -0.154. The average Bonchev–Trinajstić information content (AvgIpc) is 2.83. The number of aromatic nitrogens is 1. The molecule has 178 valence electrons. The van der Waals surface area contributed by atoms with Crippen LogP contribution in [0.3, 0.4) is 0 Å². The standard InChI is InChI=1S/C25H34N4O4/c1-3-5-6-11-21(16-29(33)18-30)24(31)26-17-27-25(32)23-14-8-13-22(28-23)20-12-7-10-19(15-20)9-4-2/h7-8,10,12-15,18,21,33H,3-6,9,11,16-17H2,1-2H3,(H,26,31)(H,27,32)/t21-/m1/s1. The lowest BCUT2D eigenvalue weighted by Gasteiger charge is -2.19. The van der Waals surface area contributed by atoms with Crippen LogP contribution in [0.5, 0.6) is 0 Å². The first-order chi connectivity index (χ1) is 16.0. The minimum atomic E-state index is -0.555. The molecule has 1 atom stereocenters. The maximum atomic E-state index is 12.6. The molecule has 1 aromatic heterocycles. The normalized spacial score (nSPS) is 11.5. The van der Waals surface area contributed by atoms with Crippen LogP contribution in [0.2, 0.25) is 0 Å². The van der Waals surface area contributed by atoms with Gasteiger partial charge in [0, 0.05) is 5.56 Å². The topological polar surface area (TPSA) is 112 Å². The first-order valence-corrected chi connectivity index (χ1v) is 11.5. The highest BCUT2D eigenvalue weighted by Gasteiger charge is 2.20. The minimum absolute atomic E-state index is 0.0770. The number of hydrogen-bond acceptors (Lipinski definition) is 5. The summed E-state index contributed by atoms with van der Waals surface area (Å²) in [6.45, 7) is 4.02. The van der Waals surface area contributed by atoms with E-state index >= 15 is 0 Å². The van der Waals surface area contributed by atoms with Crippen LogP contribution < -0.4 is 10.6 Å². The molecule has 0 saturated carbocycles. The maximum absolute atomic E-state index is 12.6. The van der Waals surface area contributed by atoms with Crippen LogP contribution in [0.25, 0.3) is 11.3 Å². The number of aryl methyl sites for hydroxylation is 1. The molecule has 8 heteroatoms. The molecule has 0 aliphatic carbocycles. The van der Waals surface area contributed by atoms with E-state index in [0.717, 1.165) is 37.7 Å². The van der Waals surface area contributed by atoms with Gasteiger partial charge in [0.15, 0.2) is 0 Å². The zero-order chi connectivity index (χ0) is 24.1. The predicted molar refractivity (Wildman–Crippen MR) is 126 cm³/mol. The van der Waals surface area contributed by atoms with Crippen LogP contribution in [-0.2, 0) is 16.0 Å². The first-order valence-electron chi connectivity index (χ1n) is 11.5. The van der Waals surface area contributed by atoms with Gasteiger partial charge in [-0.05, 0) is 36.6 Å². The molecule has 2 rings (SSSR count). The molecule has 0 aliphatic heterocycles. The second-order valence-corrected chi connectivity index (χ2v) is 8.00. The zero-order valence-electron chi connectivity index (χ0n) is 19.4. The number of pyridine rings is 1. The smallest absolute Gasteiger partial charge is 0.271 e. The van der Waals surface area contributed by atoms with Crippen LogP contribution in [0.1, 0.15) is 62.0 Å². The van der Waals surface area contributed by atoms with Crippen molar-refractivity contribution in [3.63, 3.8) is 0 Å². The highest BCUT2D eigenvalue weighted by molar-refractivity contribution is 5.93. The van der Waals surface area contributed by atoms with E-state index in [9.17, 15) is 19.6 Å². The quantitative estimate of drug-likeness (QED) is 0.133. The number of nitrogens with zero attached hydrogens (tertiary/aromatic N) is 2. The first kappa shape index (κ1) is 26.0. The number of hydroxylamine groups is 2. The minimum Gasteiger partial charge on any atom is -0.338 e. The summed E-state index contributed by atoms with van der Waals surface area (Å²) in [6.07, 6.45) is 5.61. The van der Waals surface area contributed by atoms with Gasteiger partial charge in [-0.3, -0.25) is 19.6 Å². The molecule has 1 aromatic carbocycles. The van der Waals surface area contributed by atoms with Gasteiger partial charge in [-0.2, -0.15) is 0 Å². The molecule has 0 bridgehead atoms. The van der Waals surface area contributed by atoms with Crippen LogP contribution >= 0.6 is 0 Å². The van der Waals surface area contributed by atoms with Gasteiger partial charge in [0.25, 0.3) is 5.91 Å². The Bertz CT molecular complexity index is 919. The molecule has 2 aromatic rings. The van der Waals surface area contributed by atoms with Crippen LogP contribution in [0, 0.1) is 5.92 Å². The number of rotatable bonds is 14. The number of benzene rings is 1. The van der Waals surface area contributed by atoms with Gasteiger partial charge >= 0.3 is 0 Å². The summed E-state index contributed by atoms with van der Waals surface area (Å²) in [7, 11) is 0. The molecule has 3 N–H and O–H groups in total. The van der Waals surface area contributed by atoms with Crippen molar-refractivity contribution in [2.45, 2.75) is 52.4 Å². The molecule has 1 heterocycles. The molecule has 0 fully saturated rings. The zero-order valence-corrected chi connectivity index (χ0v) is 19.4. The van der Waals surface area contributed by atoms with E-state index in [1.807, 2.05) is 18.2 Å². The van der Waals surface area contributed by atoms with Crippen molar-refractivity contribution in [1.29, 1.82) is 0 Å². The van der Waals surface area contributed by atoms with Crippen LogP contribution in [0.4, 0.5) is 0 Å². The monoisotopic (exact) mass is 454 g/mol. The Morgan fingerprint density at radius 3 is 2.61 bits per heavy atom. The van der Waals surface area contributed by atoms with E-state index in [-0.39, 0.29) is 31.2 Å². The van der Waals surface area contributed by atoms with Crippen molar-refractivity contribution in [3.05, 3.63) is 53.7 Å². The van der Waals surface area contributed by atoms with Crippen molar-refractivity contribution < 1.29 is 19.6 Å². The van der Waals surface area contributed by atoms with Gasteiger partial charge in [-0.25, -0.2) is 10.0 Å². The third-order valence-electron chi connectivity index (χ3n) is 5.31. The van der Waals surface area contributed by atoms with Gasteiger partial charge in [0.1, 0.15) is 5.69 Å². The van der Waals surface area contributed by atoms with Crippen molar-refractivity contribution in [2.24, 2.45) is 5.92 Å². The third-order valence-corrected chi connectivity index (χ3v) is 5.31. The fourth-order valence-electron chi connectivity index (χ4n) is 3.56. The Hall–Kier alpha value is -3.26. The number of amides is 3. The number of carbonyl (C=O) groups is 3. The number of unbranched alkanes of at least 4 members (excludes halogenated alkanes) is 2. The Labute approximate surface area is 195 Å². The van der Waals surface area contributed by atoms with Crippen LogP contribution in [0.15, 0.2) is 42.5 Å². The summed E-state index contributed by atoms with van der Waals surface area (Å²) < 4.78 is 0. The highest BCUT2D eigenvalue weighted by atomic mass is 16.5. The second kappa shape index (κ2) is 14.0. The third kappa shape index (κ3) is 8.65. The van der Waals surface area contributed by atoms with E-state index in [4.69, 9.17) is 0 Å². The van der Waals surface area contributed by atoms with Gasteiger partial charge in [-0.1, -0.05) is 63.8 Å². The van der Waals surface area contributed by atoms with Crippen molar-refractivity contribution in [1.82, 2.24) is 20.7 Å². The Morgan fingerprint density at radius 1 is 1.09 bits per heavy atom. The van der Waals surface area contributed by atoms with E-state index in [1.165, 1.54) is 5.56 Å². The van der Waals surface area contributed by atoms with E-state index < -0.39 is 11.8 Å². The highest BCUT2D eigenvalue weighted by Crippen LogP contribution is 2.19. The van der Waals surface area contributed by atoms with Crippen molar-refractivity contribution in [3.8, 4) is 11.3 Å². The lowest BCUT2D eigenvalue weighted by Crippen LogP contribution is -2.43. The summed E-state index contributed by atoms with van der Waals surface area (Å²) >= 11 is 0. The molecule has 0 radical (unpaired) electrons. The van der Waals surface area contributed by atoms with Crippen molar-refractivity contribution in [2.75, 3.05) is 13.2 Å².